The van der Waals surface area contributed by atoms with E-state index < -0.39 is 5.79 Å². The van der Waals surface area contributed by atoms with Crippen LogP contribution in [0.1, 0.15) is 33.6 Å². The van der Waals surface area contributed by atoms with Gasteiger partial charge in [-0.2, -0.15) is 0 Å². The Hall–Kier alpha value is -0.610. The van der Waals surface area contributed by atoms with Crippen LogP contribution in [0.25, 0.3) is 0 Å². The van der Waals surface area contributed by atoms with Gasteiger partial charge in [0.15, 0.2) is 5.79 Å². The van der Waals surface area contributed by atoms with E-state index in [4.69, 9.17) is 9.47 Å². The van der Waals surface area contributed by atoms with Gasteiger partial charge in [0.2, 0.25) is 5.91 Å². The molecule has 1 saturated heterocycles. The van der Waals surface area contributed by atoms with Gasteiger partial charge in [-0.25, -0.2) is 0 Å². The van der Waals surface area contributed by atoms with Gasteiger partial charge in [-0.15, -0.1) is 0 Å². The molecule has 1 heterocycles. The zero-order valence-electron chi connectivity index (χ0n) is 9.84. The lowest BCUT2D eigenvalue weighted by Gasteiger charge is -2.25. The first-order chi connectivity index (χ1) is 7.06. The van der Waals surface area contributed by atoms with E-state index in [-0.39, 0.29) is 5.91 Å². The molecular weight excluding hydrogens is 194 g/mol. The zero-order chi connectivity index (χ0) is 11.3. The van der Waals surface area contributed by atoms with Crippen LogP contribution in [-0.4, -0.2) is 31.5 Å². The number of nitrogens with one attached hydrogen (secondary N) is 1. The van der Waals surface area contributed by atoms with Gasteiger partial charge in [0.25, 0.3) is 0 Å². The highest BCUT2D eigenvalue weighted by Crippen LogP contribution is 2.26. The SMILES string of the molecule is CCC(=O)NCC(C)CC1(C)OCCO1. The topological polar surface area (TPSA) is 47.6 Å². The average molecular weight is 215 g/mol. The highest BCUT2D eigenvalue weighted by atomic mass is 16.7. The van der Waals surface area contributed by atoms with Crippen LogP contribution in [0.3, 0.4) is 0 Å². The van der Waals surface area contributed by atoms with Crippen LogP contribution >= 0.6 is 0 Å². The second-order valence-electron chi connectivity index (χ2n) is 4.30. The Morgan fingerprint density at radius 1 is 1.47 bits per heavy atom. The fourth-order valence-electron chi connectivity index (χ4n) is 1.79. The van der Waals surface area contributed by atoms with Crippen molar-refractivity contribution < 1.29 is 14.3 Å². The fraction of sp³-hybridized carbons (Fsp3) is 0.909. The molecule has 1 fully saturated rings. The average Bonchev–Trinajstić information content (AvgIpc) is 2.61. The lowest BCUT2D eigenvalue weighted by Crippen LogP contribution is -2.34. The predicted molar refractivity (Wildman–Crippen MR) is 57.4 cm³/mol. The van der Waals surface area contributed by atoms with Crippen molar-refractivity contribution in [3.63, 3.8) is 0 Å². The molecule has 15 heavy (non-hydrogen) atoms. The molecule has 0 aromatic heterocycles. The largest absolute Gasteiger partial charge is 0.356 e. The molecule has 1 aliphatic heterocycles. The smallest absolute Gasteiger partial charge is 0.219 e. The number of carbonyl (C=O) groups is 1. The highest BCUT2D eigenvalue weighted by molar-refractivity contribution is 5.75. The first kappa shape index (κ1) is 12.5. The van der Waals surface area contributed by atoms with Crippen LogP contribution in [0, 0.1) is 5.92 Å². The maximum absolute atomic E-state index is 11.1. The van der Waals surface area contributed by atoms with Crippen molar-refractivity contribution in [1.82, 2.24) is 5.32 Å². The molecule has 1 N–H and O–H groups in total. The summed E-state index contributed by atoms with van der Waals surface area (Å²) in [5, 5.41) is 2.87. The van der Waals surface area contributed by atoms with E-state index in [0.29, 0.717) is 32.1 Å². The summed E-state index contributed by atoms with van der Waals surface area (Å²) in [6.45, 7) is 7.93. The molecule has 1 amide bonds. The summed E-state index contributed by atoms with van der Waals surface area (Å²) in [5.41, 5.74) is 0. The molecule has 1 aliphatic rings. The van der Waals surface area contributed by atoms with Crippen molar-refractivity contribution in [2.24, 2.45) is 5.92 Å². The van der Waals surface area contributed by atoms with Gasteiger partial charge in [-0.05, 0) is 12.8 Å². The molecule has 1 rings (SSSR count). The van der Waals surface area contributed by atoms with Crippen molar-refractivity contribution in [1.29, 1.82) is 0 Å². The lowest BCUT2D eigenvalue weighted by molar-refractivity contribution is -0.154. The Morgan fingerprint density at radius 2 is 2.07 bits per heavy atom. The summed E-state index contributed by atoms with van der Waals surface area (Å²) < 4.78 is 11.0. The minimum atomic E-state index is -0.448. The molecule has 1 unspecified atom stereocenters. The first-order valence-corrected chi connectivity index (χ1v) is 5.60. The van der Waals surface area contributed by atoms with Gasteiger partial charge >= 0.3 is 0 Å². The van der Waals surface area contributed by atoms with E-state index in [1.807, 2.05) is 13.8 Å². The van der Waals surface area contributed by atoms with Gasteiger partial charge in [0.05, 0.1) is 13.2 Å². The number of hydrogen-bond donors (Lipinski definition) is 1. The summed E-state index contributed by atoms with van der Waals surface area (Å²) in [4.78, 5) is 11.1. The number of rotatable bonds is 5. The maximum Gasteiger partial charge on any atom is 0.219 e. The van der Waals surface area contributed by atoms with Gasteiger partial charge in [0.1, 0.15) is 0 Å². The minimum absolute atomic E-state index is 0.0975. The number of amides is 1. The molecule has 0 bridgehead atoms. The summed E-state index contributed by atoms with van der Waals surface area (Å²) in [6, 6.07) is 0. The quantitative estimate of drug-likeness (QED) is 0.752. The highest BCUT2D eigenvalue weighted by Gasteiger charge is 2.32. The fourth-order valence-corrected chi connectivity index (χ4v) is 1.79. The van der Waals surface area contributed by atoms with E-state index >= 15 is 0 Å². The monoisotopic (exact) mass is 215 g/mol. The third kappa shape index (κ3) is 4.18. The van der Waals surface area contributed by atoms with Crippen LogP contribution < -0.4 is 5.32 Å². The molecule has 4 heteroatoms. The number of carbonyl (C=O) groups excluding carboxylic acids is 1. The third-order valence-electron chi connectivity index (χ3n) is 2.59. The Labute approximate surface area is 91.3 Å². The summed E-state index contributed by atoms with van der Waals surface area (Å²) >= 11 is 0. The second-order valence-corrected chi connectivity index (χ2v) is 4.30. The van der Waals surface area contributed by atoms with E-state index in [9.17, 15) is 4.79 Å². The molecule has 0 spiro atoms. The van der Waals surface area contributed by atoms with Crippen molar-refractivity contribution in [3.8, 4) is 0 Å². The van der Waals surface area contributed by atoms with Crippen molar-refractivity contribution in [2.45, 2.75) is 39.4 Å². The molecule has 0 radical (unpaired) electrons. The van der Waals surface area contributed by atoms with Crippen LogP contribution in [0.2, 0.25) is 0 Å². The van der Waals surface area contributed by atoms with Crippen molar-refractivity contribution in [3.05, 3.63) is 0 Å². The first-order valence-electron chi connectivity index (χ1n) is 5.60. The van der Waals surface area contributed by atoms with Crippen LogP contribution in [0.5, 0.6) is 0 Å². The molecule has 88 valence electrons. The lowest BCUT2D eigenvalue weighted by atomic mass is 10.0. The number of ether oxygens (including phenoxy) is 2. The maximum atomic E-state index is 11.1. The molecule has 0 saturated carbocycles. The second kappa shape index (κ2) is 5.47. The predicted octanol–water partition coefficient (Wildman–Crippen LogP) is 1.30. The van der Waals surface area contributed by atoms with Crippen molar-refractivity contribution in [2.75, 3.05) is 19.8 Å². The third-order valence-corrected chi connectivity index (χ3v) is 2.59. The zero-order valence-corrected chi connectivity index (χ0v) is 9.84. The van der Waals surface area contributed by atoms with E-state index in [0.717, 1.165) is 6.42 Å². The molecule has 1 atom stereocenters. The Balaban J connectivity index is 2.23. The number of hydrogen-bond acceptors (Lipinski definition) is 3. The van der Waals surface area contributed by atoms with E-state index in [1.54, 1.807) is 0 Å². The van der Waals surface area contributed by atoms with Gasteiger partial charge in [-0.3, -0.25) is 4.79 Å². The van der Waals surface area contributed by atoms with Crippen LogP contribution in [0.4, 0.5) is 0 Å². The normalized spacial score (nSPS) is 21.3. The summed E-state index contributed by atoms with van der Waals surface area (Å²) in [6.07, 6.45) is 1.36. The summed E-state index contributed by atoms with van der Waals surface area (Å²) in [7, 11) is 0. The molecule has 4 nitrogen and oxygen atoms in total. The Bertz CT molecular complexity index is 212. The molecular formula is C11H21NO3. The Morgan fingerprint density at radius 3 is 2.60 bits per heavy atom. The van der Waals surface area contributed by atoms with Crippen molar-refractivity contribution >= 4 is 5.91 Å². The van der Waals surface area contributed by atoms with E-state index in [1.165, 1.54) is 0 Å². The minimum Gasteiger partial charge on any atom is -0.356 e. The van der Waals surface area contributed by atoms with Gasteiger partial charge in [-0.1, -0.05) is 13.8 Å². The molecule has 0 aliphatic carbocycles. The van der Waals surface area contributed by atoms with Crippen LogP contribution in [-0.2, 0) is 14.3 Å². The van der Waals surface area contributed by atoms with Crippen LogP contribution in [0.15, 0.2) is 0 Å². The van der Waals surface area contributed by atoms with Gasteiger partial charge in [0, 0.05) is 19.4 Å². The standard InChI is InChI=1S/C11H21NO3/c1-4-10(13)12-8-9(2)7-11(3)14-5-6-15-11/h9H,4-8H2,1-3H3,(H,12,13). The molecule has 0 aromatic carbocycles. The molecule has 0 aromatic rings. The van der Waals surface area contributed by atoms with Gasteiger partial charge < -0.3 is 14.8 Å². The van der Waals surface area contributed by atoms with E-state index in [2.05, 4.69) is 12.2 Å². The Kier molecular flexibility index (Phi) is 4.54. The summed E-state index contributed by atoms with van der Waals surface area (Å²) in [5.74, 6) is 0.0139.